The van der Waals surface area contributed by atoms with Gasteiger partial charge in [0.15, 0.2) is 5.96 Å². The fourth-order valence-electron chi connectivity index (χ4n) is 3.11. The van der Waals surface area contributed by atoms with Gasteiger partial charge in [-0.15, -0.1) is 24.0 Å². The summed E-state index contributed by atoms with van der Waals surface area (Å²) in [5, 5.41) is 17.2. The van der Waals surface area contributed by atoms with Crippen LogP contribution >= 0.6 is 24.0 Å². The van der Waals surface area contributed by atoms with Crippen LogP contribution < -0.4 is 15.4 Å². The number of halogens is 1. The summed E-state index contributed by atoms with van der Waals surface area (Å²) in [5.41, 5.74) is 0.552. The van der Waals surface area contributed by atoms with Crippen LogP contribution in [0.25, 0.3) is 0 Å². The Hall–Kier alpha value is -1.55. The molecule has 0 unspecified atom stereocenters. The molecule has 0 heterocycles. The Balaban J connectivity index is 0.00000784. The van der Waals surface area contributed by atoms with E-state index in [4.69, 9.17) is 9.47 Å². The van der Waals surface area contributed by atoms with Crippen LogP contribution in [0.5, 0.6) is 5.75 Å². The Morgan fingerprint density at radius 3 is 2.31 bits per heavy atom. The van der Waals surface area contributed by atoms with Gasteiger partial charge in [0.2, 0.25) is 0 Å². The highest BCUT2D eigenvalue weighted by molar-refractivity contribution is 14.0. The third-order valence-electron chi connectivity index (χ3n) is 4.45. The minimum Gasteiger partial charge on any atom is -0.496 e. The third-order valence-corrected chi connectivity index (χ3v) is 4.45. The molecule has 29 heavy (non-hydrogen) atoms. The fraction of sp³-hybridized carbons (Fsp3) is 0.619. The molecule has 0 bridgehead atoms. The summed E-state index contributed by atoms with van der Waals surface area (Å²) in [6.07, 6.45) is 3.36. The molecule has 166 valence electrons. The number of rotatable bonds is 11. The predicted octanol–water partition coefficient (Wildman–Crippen LogP) is 3.49. The van der Waals surface area contributed by atoms with Crippen LogP contribution in [-0.2, 0) is 11.3 Å². The summed E-state index contributed by atoms with van der Waals surface area (Å²) >= 11 is 0. The molecule has 0 aliphatic rings. The molecule has 0 aromatic heterocycles. The number of guanidine groups is 1. The molecule has 1 aromatic carbocycles. The van der Waals surface area contributed by atoms with Crippen molar-refractivity contribution in [1.82, 2.24) is 10.6 Å². The second kappa shape index (κ2) is 14.4. The Morgan fingerprint density at radius 1 is 1.14 bits per heavy atom. The first-order chi connectivity index (χ1) is 13.4. The van der Waals surface area contributed by atoms with E-state index >= 15 is 0 Å². The molecule has 0 radical (unpaired) electrons. The van der Waals surface area contributed by atoms with E-state index in [0.717, 1.165) is 37.8 Å². The van der Waals surface area contributed by atoms with Gasteiger partial charge in [-0.05, 0) is 37.5 Å². The van der Waals surface area contributed by atoms with Crippen LogP contribution in [0.3, 0.4) is 0 Å². The lowest BCUT2D eigenvalue weighted by atomic mass is 9.93. The lowest BCUT2D eigenvalue weighted by molar-refractivity contribution is 0.0257. The van der Waals surface area contributed by atoms with E-state index in [0.29, 0.717) is 30.4 Å². The number of aliphatic imine (C=N–C) groups is 1. The van der Waals surface area contributed by atoms with E-state index in [1.807, 2.05) is 13.0 Å². The number of benzene rings is 1. The summed E-state index contributed by atoms with van der Waals surface area (Å²) in [5.74, 6) is 0.662. The highest BCUT2D eigenvalue weighted by atomic mass is 127. The van der Waals surface area contributed by atoms with Crippen molar-refractivity contribution in [1.29, 1.82) is 0 Å². The van der Waals surface area contributed by atoms with E-state index < -0.39 is 11.6 Å². The van der Waals surface area contributed by atoms with Gasteiger partial charge in [-0.1, -0.05) is 32.8 Å². The quantitative estimate of drug-likeness (QED) is 0.179. The van der Waals surface area contributed by atoms with Gasteiger partial charge in [-0.3, -0.25) is 0 Å². The Morgan fingerprint density at radius 2 is 1.79 bits per heavy atom. The fourth-order valence-corrected chi connectivity index (χ4v) is 3.11. The number of aliphatic hydroxyl groups is 1. The van der Waals surface area contributed by atoms with E-state index in [9.17, 15) is 9.90 Å². The van der Waals surface area contributed by atoms with Crippen LogP contribution in [-0.4, -0.2) is 49.9 Å². The van der Waals surface area contributed by atoms with Crippen LogP contribution in [0.15, 0.2) is 23.2 Å². The maximum Gasteiger partial charge on any atom is 0.341 e. The van der Waals surface area contributed by atoms with E-state index in [1.54, 1.807) is 12.1 Å². The van der Waals surface area contributed by atoms with Crippen LogP contribution in [0.4, 0.5) is 0 Å². The van der Waals surface area contributed by atoms with Gasteiger partial charge in [-0.25, -0.2) is 9.79 Å². The summed E-state index contributed by atoms with van der Waals surface area (Å²) in [6.45, 7) is 7.72. The van der Waals surface area contributed by atoms with Crippen LogP contribution in [0, 0.1) is 0 Å². The van der Waals surface area contributed by atoms with Crippen LogP contribution in [0.2, 0.25) is 0 Å². The number of esters is 1. The molecule has 0 atom stereocenters. The number of hydrogen-bond donors (Lipinski definition) is 3. The van der Waals surface area contributed by atoms with Gasteiger partial charge in [-0.2, -0.15) is 0 Å². The van der Waals surface area contributed by atoms with Gasteiger partial charge in [0, 0.05) is 13.1 Å². The molecule has 0 aliphatic carbocycles. The molecule has 0 amide bonds. The smallest absolute Gasteiger partial charge is 0.341 e. The number of methoxy groups -OCH3 is 2. The molecule has 0 saturated carbocycles. The van der Waals surface area contributed by atoms with Crippen molar-refractivity contribution >= 4 is 35.9 Å². The van der Waals surface area contributed by atoms with Crippen molar-refractivity contribution in [2.45, 2.75) is 58.6 Å². The number of hydrogen-bond acceptors (Lipinski definition) is 5. The topological polar surface area (TPSA) is 92.2 Å². The first-order valence-corrected chi connectivity index (χ1v) is 9.92. The lowest BCUT2D eigenvalue weighted by Crippen LogP contribution is -2.47. The summed E-state index contributed by atoms with van der Waals surface area (Å²) in [4.78, 5) is 16.4. The van der Waals surface area contributed by atoms with Gasteiger partial charge < -0.3 is 25.2 Å². The standard InChI is InChI=1S/C21H35N3O4.HI/c1-6-11-21(26,12-7-2)15-24-20(22-8-3)23-14-16-9-10-17(19(25)28-5)18(13-16)27-4;/h9-10,13,26H,6-8,11-12,14-15H2,1-5H3,(H2,22,23,24);1H. The van der Waals surface area contributed by atoms with Gasteiger partial charge in [0.1, 0.15) is 11.3 Å². The molecule has 0 aliphatic heterocycles. The maximum atomic E-state index is 11.8. The SMILES string of the molecule is CCCC(O)(CCC)CNC(=NCc1ccc(C(=O)OC)c(OC)c1)NCC.I. The van der Waals surface area contributed by atoms with E-state index in [1.165, 1.54) is 14.2 Å². The predicted molar refractivity (Wildman–Crippen MR) is 127 cm³/mol. The zero-order valence-electron chi connectivity index (χ0n) is 18.2. The number of carbonyl (C=O) groups is 1. The van der Waals surface area contributed by atoms with E-state index in [2.05, 4.69) is 29.5 Å². The molecule has 0 fully saturated rings. The number of carbonyl (C=O) groups excluding carboxylic acids is 1. The zero-order chi connectivity index (χ0) is 21.0. The first kappa shape index (κ1) is 27.5. The minimum absolute atomic E-state index is 0. The molecule has 0 spiro atoms. The van der Waals surface area contributed by atoms with Crippen molar-refractivity contribution in [2.24, 2.45) is 4.99 Å². The largest absolute Gasteiger partial charge is 0.496 e. The molecule has 0 saturated heterocycles. The van der Waals surface area contributed by atoms with Gasteiger partial charge in [0.25, 0.3) is 0 Å². The normalized spacial score (nSPS) is 11.4. The van der Waals surface area contributed by atoms with E-state index in [-0.39, 0.29) is 24.0 Å². The number of nitrogens with one attached hydrogen (secondary N) is 2. The minimum atomic E-state index is -0.731. The number of ether oxygens (including phenoxy) is 2. The maximum absolute atomic E-state index is 11.8. The summed E-state index contributed by atoms with van der Waals surface area (Å²) in [7, 11) is 2.86. The van der Waals surface area contributed by atoms with Crippen molar-refractivity contribution < 1.29 is 19.4 Å². The lowest BCUT2D eigenvalue weighted by Gasteiger charge is -2.28. The highest BCUT2D eigenvalue weighted by Crippen LogP contribution is 2.22. The molecule has 7 nitrogen and oxygen atoms in total. The van der Waals surface area contributed by atoms with Crippen molar-refractivity contribution in [3.05, 3.63) is 29.3 Å². The molecular weight excluding hydrogens is 485 g/mol. The number of nitrogens with zero attached hydrogens (tertiary/aromatic N) is 1. The Labute approximate surface area is 191 Å². The zero-order valence-corrected chi connectivity index (χ0v) is 20.5. The summed E-state index contributed by atoms with van der Waals surface area (Å²) in [6, 6.07) is 5.29. The Bertz CT molecular complexity index is 647. The Kier molecular flexibility index (Phi) is 13.7. The molecule has 1 aromatic rings. The van der Waals surface area contributed by atoms with Gasteiger partial charge in [0.05, 0.1) is 26.4 Å². The van der Waals surface area contributed by atoms with Crippen LogP contribution in [0.1, 0.15) is 62.4 Å². The second-order valence-electron chi connectivity index (χ2n) is 6.80. The summed E-state index contributed by atoms with van der Waals surface area (Å²) < 4.78 is 10.1. The van der Waals surface area contributed by atoms with Crippen molar-refractivity contribution in [3.8, 4) is 5.75 Å². The van der Waals surface area contributed by atoms with Crippen molar-refractivity contribution in [3.63, 3.8) is 0 Å². The van der Waals surface area contributed by atoms with Gasteiger partial charge >= 0.3 is 5.97 Å². The molecule has 3 N–H and O–H groups in total. The third kappa shape index (κ3) is 9.20. The average Bonchev–Trinajstić information content (AvgIpc) is 2.69. The monoisotopic (exact) mass is 521 g/mol. The molecule has 8 heteroatoms. The first-order valence-electron chi connectivity index (χ1n) is 9.92. The highest BCUT2D eigenvalue weighted by Gasteiger charge is 2.24. The molecule has 1 rings (SSSR count). The van der Waals surface area contributed by atoms with Crippen molar-refractivity contribution in [2.75, 3.05) is 27.3 Å². The second-order valence-corrected chi connectivity index (χ2v) is 6.80. The molecular formula is C21H36IN3O4. The average molecular weight is 521 g/mol.